The predicted molar refractivity (Wildman–Crippen MR) is 128 cm³/mol. The molecule has 1 saturated heterocycles. The molecule has 0 saturated carbocycles. The van der Waals surface area contributed by atoms with E-state index in [1.54, 1.807) is 24.3 Å². The number of imidazole rings is 1. The van der Waals surface area contributed by atoms with Crippen LogP contribution in [0.2, 0.25) is 5.02 Å². The average Bonchev–Trinajstić information content (AvgIpc) is 3.13. The summed E-state index contributed by atoms with van der Waals surface area (Å²) in [7, 11) is -0.466. The predicted octanol–water partition coefficient (Wildman–Crippen LogP) is 3.42. The van der Waals surface area contributed by atoms with E-state index in [-0.39, 0.29) is 10.7 Å². The van der Waals surface area contributed by atoms with Crippen molar-refractivity contribution in [3.8, 4) is 0 Å². The quantitative estimate of drug-likeness (QED) is 0.504. The number of piperazine rings is 1. The number of sulfonamides is 1. The first-order valence-electron chi connectivity index (χ1n) is 11.0. The van der Waals surface area contributed by atoms with E-state index in [9.17, 15) is 12.8 Å². The molecule has 2 heterocycles. The highest BCUT2D eigenvalue weighted by Crippen LogP contribution is 2.24. The largest absolute Gasteiger partial charge is 0.327 e. The lowest BCUT2D eigenvalue weighted by Crippen LogP contribution is -2.45. The molecule has 33 heavy (non-hydrogen) atoms. The summed E-state index contributed by atoms with van der Waals surface area (Å²) in [5, 5.41) is 0.463. The third-order valence-electron chi connectivity index (χ3n) is 6.17. The van der Waals surface area contributed by atoms with Gasteiger partial charge in [-0.3, -0.25) is 9.80 Å². The van der Waals surface area contributed by atoms with Crippen molar-refractivity contribution < 1.29 is 12.8 Å². The molecule has 0 spiro atoms. The van der Waals surface area contributed by atoms with E-state index in [4.69, 9.17) is 16.6 Å². The van der Waals surface area contributed by atoms with E-state index in [0.717, 1.165) is 44.1 Å². The van der Waals surface area contributed by atoms with Crippen LogP contribution in [0.3, 0.4) is 0 Å². The SMILES string of the molecule is CCn1c(CN2CCN(Cc3c(F)cccc3Cl)CC2)nc2cc(S(=O)(=O)N(C)C)ccc21. The third-order valence-corrected chi connectivity index (χ3v) is 8.33. The maximum Gasteiger partial charge on any atom is 0.242 e. The number of rotatable bonds is 7. The standard InChI is InChI=1S/C23H29ClFN5O2S/c1-4-30-22-9-8-17(33(31,32)27(2)3)14-21(22)26-23(30)16-29-12-10-28(11-13-29)15-18-19(24)6-5-7-20(18)25/h5-9,14H,4,10-13,15-16H2,1-3H3. The van der Waals surface area contributed by atoms with Crippen molar-refractivity contribution in [1.82, 2.24) is 23.7 Å². The number of hydrogen-bond donors (Lipinski definition) is 0. The van der Waals surface area contributed by atoms with Crippen molar-refractivity contribution in [2.45, 2.75) is 31.5 Å². The topological polar surface area (TPSA) is 61.7 Å². The number of fused-ring (bicyclic) bond motifs is 1. The smallest absolute Gasteiger partial charge is 0.242 e. The molecule has 1 aliphatic rings. The van der Waals surface area contributed by atoms with Gasteiger partial charge in [-0.2, -0.15) is 0 Å². The van der Waals surface area contributed by atoms with Crippen LogP contribution >= 0.6 is 11.6 Å². The van der Waals surface area contributed by atoms with Crippen LogP contribution < -0.4 is 0 Å². The van der Waals surface area contributed by atoms with Gasteiger partial charge in [-0.05, 0) is 37.3 Å². The van der Waals surface area contributed by atoms with E-state index in [2.05, 4.69) is 21.3 Å². The number of benzene rings is 2. The molecule has 0 bridgehead atoms. The Balaban J connectivity index is 1.47. The minimum atomic E-state index is -3.51. The zero-order valence-corrected chi connectivity index (χ0v) is 20.7. The van der Waals surface area contributed by atoms with E-state index >= 15 is 0 Å². The Hall–Kier alpha value is -2.04. The van der Waals surface area contributed by atoms with Crippen LogP contribution in [0.4, 0.5) is 4.39 Å². The van der Waals surface area contributed by atoms with Gasteiger partial charge in [-0.1, -0.05) is 17.7 Å². The normalized spacial score (nSPS) is 16.2. The highest BCUT2D eigenvalue weighted by Gasteiger charge is 2.23. The highest BCUT2D eigenvalue weighted by atomic mass is 35.5. The second-order valence-corrected chi connectivity index (χ2v) is 11.0. The number of aromatic nitrogens is 2. The fourth-order valence-electron chi connectivity index (χ4n) is 4.22. The second-order valence-electron chi connectivity index (χ2n) is 8.46. The van der Waals surface area contributed by atoms with Gasteiger partial charge in [-0.25, -0.2) is 22.1 Å². The third kappa shape index (κ3) is 4.93. The Labute approximate surface area is 199 Å². The highest BCUT2D eigenvalue weighted by molar-refractivity contribution is 7.89. The molecule has 0 atom stereocenters. The Kier molecular flexibility index (Phi) is 7.07. The Bertz CT molecular complexity index is 1230. The van der Waals surface area contributed by atoms with Crippen LogP contribution in [0.5, 0.6) is 0 Å². The summed E-state index contributed by atoms with van der Waals surface area (Å²) < 4.78 is 42.5. The van der Waals surface area contributed by atoms with Crippen molar-refractivity contribution >= 4 is 32.7 Å². The molecule has 4 rings (SSSR count). The molecule has 0 unspecified atom stereocenters. The first kappa shape index (κ1) is 24.1. The number of nitrogens with zero attached hydrogens (tertiary/aromatic N) is 5. The summed E-state index contributed by atoms with van der Waals surface area (Å²) >= 11 is 6.18. The summed E-state index contributed by atoms with van der Waals surface area (Å²) in [6.07, 6.45) is 0. The molecule has 1 aromatic heterocycles. The lowest BCUT2D eigenvalue weighted by atomic mass is 10.2. The van der Waals surface area contributed by atoms with Crippen LogP contribution in [-0.2, 0) is 29.7 Å². The van der Waals surface area contributed by atoms with Gasteiger partial charge in [0.25, 0.3) is 0 Å². The Morgan fingerprint density at radius 3 is 2.33 bits per heavy atom. The number of halogens is 2. The summed E-state index contributed by atoms with van der Waals surface area (Å²) in [4.78, 5) is 9.56. The van der Waals surface area contributed by atoms with Crippen molar-refractivity contribution in [1.29, 1.82) is 0 Å². The molecular formula is C23H29ClFN5O2S. The molecule has 7 nitrogen and oxygen atoms in total. The minimum Gasteiger partial charge on any atom is -0.327 e. The summed E-state index contributed by atoms with van der Waals surface area (Å²) in [6.45, 7) is 7.26. The van der Waals surface area contributed by atoms with Crippen molar-refractivity contribution in [3.05, 3.63) is 58.6 Å². The maximum atomic E-state index is 14.1. The van der Waals surface area contributed by atoms with Gasteiger partial charge < -0.3 is 4.57 Å². The van der Waals surface area contributed by atoms with E-state index < -0.39 is 10.0 Å². The van der Waals surface area contributed by atoms with Crippen LogP contribution in [-0.4, -0.2) is 72.3 Å². The summed E-state index contributed by atoms with van der Waals surface area (Å²) in [6, 6.07) is 9.92. The average molecular weight is 494 g/mol. The van der Waals surface area contributed by atoms with Gasteiger partial charge in [0.1, 0.15) is 11.6 Å². The molecule has 0 N–H and O–H groups in total. The summed E-state index contributed by atoms with van der Waals surface area (Å²) in [5.74, 6) is 0.648. The van der Waals surface area contributed by atoms with E-state index in [1.807, 2.05) is 6.07 Å². The lowest BCUT2D eigenvalue weighted by Gasteiger charge is -2.34. The van der Waals surface area contributed by atoms with Gasteiger partial charge in [0.05, 0.1) is 22.5 Å². The molecule has 1 fully saturated rings. The number of hydrogen-bond acceptors (Lipinski definition) is 5. The van der Waals surface area contributed by atoms with Crippen molar-refractivity contribution in [2.24, 2.45) is 0 Å². The fraction of sp³-hybridized carbons (Fsp3) is 0.435. The van der Waals surface area contributed by atoms with Crippen molar-refractivity contribution in [3.63, 3.8) is 0 Å². The van der Waals surface area contributed by atoms with Gasteiger partial charge in [0, 0.05) is 63.9 Å². The Morgan fingerprint density at radius 2 is 1.73 bits per heavy atom. The molecule has 0 aliphatic carbocycles. The summed E-state index contributed by atoms with van der Waals surface area (Å²) in [5.41, 5.74) is 2.16. The zero-order valence-electron chi connectivity index (χ0n) is 19.1. The lowest BCUT2D eigenvalue weighted by molar-refractivity contribution is 0.118. The van der Waals surface area contributed by atoms with Crippen LogP contribution in [0.15, 0.2) is 41.3 Å². The van der Waals surface area contributed by atoms with Crippen molar-refractivity contribution in [2.75, 3.05) is 40.3 Å². The molecule has 2 aromatic carbocycles. The van der Waals surface area contributed by atoms with E-state index in [0.29, 0.717) is 29.2 Å². The zero-order chi connectivity index (χ0) is 23.8. The Morgan fingerprint density at radius 1 is 1.06 bits per heavy atom. The monoisotopic (exact) mass is 493 g/mol. The molecule has 0 radical (unpaired) electrons. The van der Waals surface area contributed by atoms with Crippen LogP contribution in [0.1, 0.15) is 18.3 Å². The molecular weight excluding hydrogens is 465 g/mol. The van der Waals surface area contributed by atoms with Crippen LogP contribution in [0.25, 0.3) is 11.0 Å². The molecule has 1 aliphatic heterocycles. The first-order valence-corrected chi connectivity index (χ1v) is 12.8. The van der Waals surface area contributed by atoms with Crippen LogP contribution in [0, 0.1) is 5.82 Å². The first-order chi connectivity index (χ1) is 15.7. The van der Waals surface area contributed by atoms with Gasteiger partial charge in [0.2, 0.25) is 10.0 Å². The minimum absolute atomic E-state index is 0.243. The molecule has 178 valence electrons. The van der Waals surface area contributed by atoms with Gasteiger partial charge in [-0.15, -0.1) is 0 Å². The maximum absolute atomic E-state index is 14.1. The molecule has 0 amide bonds. The molecule has 3 aromatic rings. The molecule has 10 heteroatoms. The second kappa shape index (κ2) is 9.68. The van der Waals surface area contributed by atoms with Gasteiger partial charge >= 0.3 is 0 Å². The van der Waals surface area contributed by atoms with Gasteiger partial charge in [0.15, 0.2) is 0 Å². The van der Waals surface area contributed by atoms with E-state index in [1.165, 1.54) is 24.5 Å². The number of aryl methyl sites for hydroxylation is 1. The fourth-order valence-corrected chi connectivity index (χ4v) is 5.36.